The Balaban J connectivity index is 2.46. The summed E-state index contributed by atoms with van der Waals surface area (Å²) in [4.78, 5) is 35.0. The number of nitrogens with one attached hydrogen (secondary N) is 1. The third kappa shape index (κ3) is 3.72. The normalized spacial score (nSPS) is 19.8. The Morgan fingerprint density at radius 3 is 2.71 bits per heavy atom. The van der Waals surface area contributed by atoms with Crippen LogP contribution in [0.2, 0.25) is 0 Å². The fourth-order valence-corrected chi connectivity index (χ4v) is 1.89. The quantitative estimate of drug-likeness (QED) is 0.709. The number of carbonyl (C=O) groups excluding carboxylic acids is 2. The molecule has 96 valence electrons. The van der Waals surface area contributed by atoms with Crippen molar-refractivity contribution in [3.63, 3.8) is 0 Å². The largest absolute Gasteiger partial charge is 0.480 e. The molecule has 0 aromatic rings. The minimum absolute atomic E-state index is 0.0482. The minimum Gasteiger partial charge on any atom is -0.480 e. The second kappa shape index (κ2) is 5.65. The summed E-state index contributed by atoms with van der Waals surface area (Å²) in [6.45, 7) is 3.87. The van der Waals surface area contributed by atoms with Crippen molar-refractivity contribution in [3.8, 4) is 0 Å². The molecule has 1 unspecified atom stereocenters. The first-order valence-electron chi connectivity index (χ1n) is 5.73. The highest BCUT2D eigenvalue weighted by atomic mass is 16.4. The van der Waals surface area contributed by atoms with Crippen molar-refractivity contribution in [1.29, 1.82) is 0 Å². The van der Waals surface area contributed by atoms with Crippen molar-refractivity contribution in [2.75, 3.05) is 6.54 Å². The van der Waals surface area contributed by atoms with E-state index in [2.05, 4.69) is 5.32 Å². The molecule has 0 aromatic heterocycles. The zero-order chi connectivity index (χ0) is 13.0. The van der Waals surface area contributed by atoms with E-state index in [9.17, 15) is 14.4 Å². The number of carboxylic acid groups (broad SMARTS) is 1. The van der Waals surface area contributed by atoms with Gasteiger partial charge in [0.1, 0.15) is 6.04 Å². The van der Waals surface area contributed by atoms with Gasteiger partial charge >= 0.3 is 5.97 Å². The maximum atomic E-state index is 11.5. The van der Waals surface area contributed by atoms with E-state index >= 15 is 0 Å². The van der Waals surface area contributed by atoms with Gasteiger partial charge in [0.25, 0.3) is 0 Å². The van der Waals surface area contributed by atoms with Gasteiger partial charge in [-0.05, 0) is 20.3 Å². The molecule has 1 aliphatic heterocycles. The van der Waals surface area contributed by atoms with E-state index in [0.29, 0.717) is 6.42 Å². The first kappa shape index (κ1) is 13.5. The molecule has 1 atom stereocenters. The van der Waals surface area contributed by atoms with Gasteiger partial charge in [0.2, 0.25) is 11.8 Å². The number of likely N-dealkylation sites (tertiary alicyclic amines) is 1. The van der Waals surface area contributed by atoms with E-state index in [1.54, 1.807) is 0 Å². The highest BCUT2D eigenvalue weighted by Gasteiger charge is 2.35. The maximum Gasteiger partial charge on any atom is 0.326 e. The van der Waals surface area contributed by atoms with Crippen molar-refractivity contribution >= 4 is 17.8 Å². The summed E-state index contributed by atoms with van der Waals surface area (Å²) in [5, 5.41) is 11.6. The SMILES string of the molecule is CC(C)NC(=O)CCN1C(=O)CCC1C(=O)O. The molecule has 2 amide bonds. The Labute approximate surface area is 100.0 Å². The molecule has 2 N–H and O–H groups in total. The Hall–Kier alpha value is -1.59. The molecule has 1 fully saturated rings. The molecule has 1 rings (SSSR count). The molecule has 6 heteroatoms. The Morgan fingerprint density at radius 1 is 1.53 bits per heavy atom. The van der Waals surface area contributed by atoms with E-state index in [0.717, 1.165) is 0 Å². The molecule has 0 spiro atoms. The molecule has 1 saturated heterocycles. The summed E-state index contributed by atoms with van der Waals surface area (Å²) in [5.74, 6) is -1.35. The number of carboxylic acids is 1. The predicted molar refractivity (Wildman–Crippen MR) is 60.3 cm³/mol. The summed E-state index contributed by atoms with van der Waals surface area (Å²) in [5.41, 5.74) is 0. The van der Waals surface area contributed by atoms with Crippen LogP contribution in [-0.2, 0) is 14.4 Å². The summed E-state index contributed by atoms with van der Waals surface area (Å²) in [6.07, 6.45) is 0.733. The summed E-state index contributed by atoms with van der Waals surface area (Å²) in [6, 6.07) is -0.721. The number of aliphatic carboxylic acids is 1. The first-order valence-corrected chi connectivity index (χ1v) is 5.73. The van der Waals surface area contributed by atoms with E-state index in [1.807, 2.05) is 13.8 Å². The van der Waals surface area contributed by atoms with Gasteiger partial charge in [0.15, 0.2) is 0 Å². The minimum atomic E-state index is -1.000. The van der Waals surface area contributed by atoms with Crippen LogP contribution in [-0.4, -0.2) is 46.4 Å². The lowest BCUT2D eigenvalue weighted by Gasteiger charge is -2.21. The lowest BCUT2D eigenvalue weighted by atomic mass is 10.2. The topological polar surface area (TPSA) is 86.7 Å². The zero-order valence-electron chi connectivity index (χ0n) is 10.1. The van der Waals surface area contributed by atoms with Crippen LogP contribution in [0.3, 0.4) is 0 Å². The summed E-state index contributed by atoms with van der Waals surface area (Å²) >= 11 is 0. The molecular weight excluding hydrogens is 224 g/mol. The average Bonchev–Trinajstić information content (AvgIpc) is 2.55. The van der Waals surface area contributed by atoms with Gasteiger partial charge in [0.05, 0.1) is 0 Å². The summed E-state index contributed by atoms with van der Waals surface area (Å²) in [7, 11) is 0. The van der Waals surface area contributed by atoms with E-state index in [-0.39, 0.29) is 37.2 Å². The highest BCUT2D eigenvalue weighted by Crippen LogP contribution is 2.18. The van der Waals surface area contributed by atoms with E-state index < -0.39 is 12.0 Å². The van der Waals surface area contributed by atoms with Crippen LogP contribution in [0.15, 0.2) is 0 Å². The average molecular weight is 242 g/mol. The standard InChI is InChI=1S/C11H18N2O4/c1-7(2)12-9(14)5-6-13-8(11(16)17)3-4-10(13)15/h7-8H,3-6H2,1-2H3,(H,12,14)(H,16,17). The monoisotopic (exact) mass is 242 g/mol. The van der Waals surface area contributed by atoms with Crippen LogP contribution < -0.4 is 5.32 Å². The smallest absolute Gasteiger partial charge is 0.326 e. The third-order valence-corrected chi connectivity index (χ3v) is 2.64. The molecule has 6 nitrogen and oxygen atoms in total. The molecule has 17 heavy (non-hydrogen) atoms. The fourth-order valence-electron chi connectivity index (χ4n) is 1.89. The van der Waals surface area contributed by atoms with Gasteiger partial charge in [-0.15, -0.1) is 0 Å². The number of carbonyl (C=O) groups is 3. The van der Waals surface area contributed by atoms with Crippen molar-refractivity contribution in [1.82, 2.24) is 10.2 Å². The van der Waals surface area contributed by atoms with Crippen LogP contribution in [0.4, 0.5) is 0 Å². The van der Waals surface area contributed by atoms with Crippen molar-refractivity contribution in [3.05, 3.63) is 0 Å². The fraction of sp³-hybridized carbons (Fsp3) is 0.727. The predicted octanol–water partition coefficient (Wildman–Crippen LogP) is -0.0233. The summed E-state index contributed by atoms with van der Waals surface area (Å²) < 4.78 is 0. The number of rotatable bonds is 5. The van der Waals surface area contributed by atoms with Gasteiger partial charge in [-0.1, -0.05) is 0 Å². The maximum absolute atomic E-state index is 11.5. The third-order valence-electron chi connectivity index (χ3n) is 2.64. The Kier molecular flexibility index (Phi) is 4.48. The number of nitrogens with zero attached hydrogens (tertiary/aromatic N) is 1. The van der Waals surface area contributed by atoms with Crippen LogP contribution in [0.5, 0.6) is 0 Å². The highest BCUT2D eigenvalue weighted by molar-refractivity contribution is 5.88. The molecule has 0 radical (unpaired) electrons. The molecule has 0 bridgehead atoms. The Bertz CT molecular complexity index is 327. The number of hydrogen-bond acceptors (Lipinski definition) is 3. The molecule has 0 aliphatic carbocycles. The van der Waals surface area contributed by atoms with Gasteiger partial charge in [-0.25, -0.2) is 4.79 Å². The van der Waals surface area contributed by atoms with Gasteiger partial charge in [0, 0.05) is 25.4 Å². The van der Waals surface area contributed by atoms with Crippen LogP contribution in [0.1, 0.15) is 33.1 Å². The van der Waals surface area contributed by atoms with E-state index in [4.69, 9.17) is 5.11 Å². The van der Waals surface area contributed by atoms with Crippen molar-refractivity contribution < 1.29 is 19.5 Å². The van der Waals surface area contributed by atoms with Gasteiger partial charge < -0.3 is 15.3 Å². The molecule has 0 aromatic carbocycles. The Morgan fingerprint density at radius 2 is 2.18 bits per heavy atom. The zero-order valence-corrected chi connectivity index (χ0v) is 10.1. The van der Waals surface area contributed by atoms with Crippen molar-refractivity contribution in [2.24, 2.45) is 0 Å². The molecule has 0 saturated carbocycles. The first-order chi connectivity index (χ1) is 7.91. The second-order valence-corrected chi connectivity index (χ2v) is 4.45. The van der Waals surface area contributed by atoms with Gasteiger partial charge in [-0.2, -0.15) is 0 Å². The number of hydrogen-bond donors (Lipinski definition) is 2. The second-order valence-electron chi connectivity index (χ2n) is 4.45. The number of amides is 2. The van der Waals surface area contributed by atoms with Crippen LogP contribution in [0, 0.1) is 0 Å². The van der Waals surface area contributed by atoms with Crippen LogP contribution >= 0.6 is 0 Å². The lowest BCUT2D eigenvalue weighted by molar-refractivity contribution is -0.146. The molecule has 1 heterocycles. The van der Waals surface area contributed by atoms with Gasteiger partial charge in [-0.3, -0.25) is 9.59 Å². The molecule has 1 aliphatic rings. The molecular formula is C11H18N2O4. The lowest BCUT2D eigenvalue weighted by Crippen LogP contribution is -2.41. The van der Waals surface area contributed by atoms with Crippen LogP contribution in [0.25, 0.3) is 0 Å². The van der Waals surface area contributed by atoms with E-state index in [1.165, 1.54) is 4.90 Å². The van der Waals surface area contributed by atoms with Crippen molar-refractivity contribution in [2.45, 2.75) is 45.2 Å².